The fourth-order valence-corrected chi connectivity index (χ4v) is 2.45. The van der Waals surface area contributed by atoms with Crippen LogP contribution in [0.4, 0.5) is 4.39 Å². The zero-order chi connectivity index (χ0) is 16.5. The van der Waals surface area contributed by atoms with Gasteiger partial charge in [-0.25, -0.2) is 4.39 Å². The molecule has 0 aliphatic heterocycles. The predicted octanol–water partition coefficient (Wildman–Crippen LogP) is 3.06. The van der Waals surface area contributed by atoms with Gasteiger partial charge in [0.1, 0.15) is 5.82 Å². The van der Waals surface area contributed by atoms with Gasteiger partial charge >= 0.3 is 0 Å². The second kappa shape index (κ2) is 9.25. The van der Waals surface area contributed by atoms with Crippen LogP contribution in [0.5, 0.6) is 0 Å². The molecule has 0 saturated carbocycles. The number of rotatable bonds is 7. The van der Waals surface area contributed by atoms with Crippen molar-refractivity contribution in [2.75, 3.05) is 13.1 Å². The smallest absolute Gasteiger partial charge is 0.188 e. The predicted molar refractivity (Wildman–Crippen MR) is 94.9 cm³/mol. The highest BCUT2D eigenvalue weighted by molar-refractivity contribution is 9.10. The maximum absolute atomic E-state index is 13.7. The van der Waals surface area contributed by atoms with Gasteiger partial charge in [0.25, 0.3) is 0 Å². The summed E-state index contributed by atoms with van der Waals surface area (Å²) >= 11 is 3.25. The second-order valence-corrected chi connectivity index (χ2v) is 6.02. The van der Waals surface area contributed by atoms with Gasteiger partial charge in [0.2, 0.25) is 0 Å². The van der Waals surface area contributed by atoms with Crippen molar-refractivity contribution in [3.8, 4) is 0 Å². The number of nitrogens with two attached hydrogens (primary N) is 1. The van der Waals surface area contributed by atoms with Crippen molar-refractivity contribution in [2.24, 2.45) is 10.7 Å². The van der Waals surface area contributed by atoms with E-state index in [0.717, 1.165) is 23.0 Å². The molecule has 0 atom stereocenters. The van der Waals surface area contributed by atoms with Gasteiger partial charge in [-0.2, -0.15) is 0 Å². The Kier molecular flexibility index (Phi) is 7.00. The van der Waals surface area contributed by atoms with Crippen molar-refractivity contribution >= 4 is 21.9 Å². The summed E-state index contributed by atoms with van der Waals surface area (Å²) in [5.74, 6) is 0.224. The van der Waals surface area contributed by atoms with E-state index in [9.17, 15) is 4.39 Å². The van der Waals surface area contributed by atoms with E-state index in [2.05, 4.69) is 31.2 Å². The van der Waals surface area contributed by atoms with Gasteiger partial charge in [-0.05, 0) is 42.7 Å². The Morgan fingerprint density at radius 2 is 2.13 bits per heavy atom. The summed E-state index contributed by atoms with van der Waals surface area (Å²) in [5.41, 5.74) is 7.52. The van der Waals surface area contributed by atoms with Crippen molar-refractivity contribution < 1.29 is 4.39 Å². The van der Waals surface area contributed by atoms with Crippen molar-refractivity contribution in [1.29, 1.82) is 0 Å². The monoisotopic (exact) mass is 378 g/mol. The summed E-state index contributed by atoms with van der Waals surface area (Å²) in [7, 11) is 0. The van der Waals surface area contributed by atoms with Crippen molar-refractivity contribution in [2.45, 2.75) is 19.3 Å². The fourth-order valence-electron chi connectivity index (χ4n) is 2.11. The molecule has 4 nitrogen and oxygen atoms in total. The highest BCUT2D eigenvalue weighted by Crippen LogP contribution is 2.16. The molecule has 0 aliphatic carbocycles. The molecule has 1 aromatic heterocycles. The maximum atomic E-state index is 13.7. The number of benzene rings is 1. The van der Waals surface area contributed by atoms with Gasteiger partial charge in [-0.15, -0.1) is 0 Å². The van der Waals surface area contributed by atoms with Crippen LogP contribution in [0.25, 0.3) is 0 Å². The highest BCUT2D eigenvalue weighted by atomic mass is 79.9. The second-order valence-electron chi connectivity index (χ2n) is 5.10. The first-order valence-corrected chi connectivity index (χ1v) is 8.32. The van der Waals surface area contributed by atoms with E-state index in [1.165, 1.54) is 6.07 Å². The summed E-state index contributed by atoms with van der Waals surface area (Å²) in [6, 6.07) is 10.9. The summed E-state index contributed by atoms with van der Waals surface area (Å²) in [6.45, 7) is 1.26. The number of halogens is 2. The van der Waals surface area contributed by atoms with Gasteiger partial charge in [0.15, 0.2) is 5.96 Å². The first kappa shape index (κ1) is 17.4. The van der Waals surface area contributed by atoms with Crippen molar-refractivity contribution in [3.63, 3.8) is 0 Å². The van der Waals surface area contributed by atoms with Crippen molar-refractivity contribution in [3.05, 3.63) is 64.1 Å². The number of pyridine rings is 1. The lowest BCUT2D eigenvalue weighted by Gasteiger charge is -2.06. The quantitative estimate of drug-likeness (QED) is 0.442. The lowest BCUT2D eigenvalue weighted by molar-refractivity contribution is 0.604. The molecule has 1 aromatic carbocycles. The molecule has 2 rings (SSSR count). The third kappa shape index (κ3) is 6.36. The molecule has 0 amide bonds. The molecule has 0 unspecified atom stereocenters. The van der Waals surface area contributed by atoms with Gasteiger partial charge in [-0.3, -0.25) is 9.98 Å². The van der Waals surface area contributed by atoms with E-state index in [4.69, 9.17) is 5.73 Å². The summed E-state index contributed by atoms with van der Waals surface area (Å²) in [4.78, 5) is 8.49. The summed E-state index contributed by atoms with van der Waals surface area (Å²) in [6.07, 6.45) is 3.96. The Morgan fingerprint density at radius 3 is 2.87 bits per heavy atom. The summed E-state index contributed by atoms with van der Waals surface area (Å²) < 4.78 is 14.4. The minimum Gasteiger partial charge on any atom is -0.370 e. The highest BCUT2D eigenvalue weighted by Gasteiger charge is 2.02. The van der Waals surface area contributed by atoms with Crippen LogP contribution in [0.3, 0.4) is 0 Å². The number of guanidine groups is 1. The third-order valence-electron chi connectivity index (χ3n) is 3.31. The van der Waals surface area contributed by atoms with Gasteiger partial charge in [0, 0.05) is 35.9 Å². The molecule has 1 heterocycles. The number of hydrogen-bond acceptors (Lipinski definition) is 2. The standard InChI is InChI=1S/C17H20BrFN4/c18-14-7-6-13(16(19)12-14)4-3-10-22-17(20)23-11-8-15-5-1-2-9-21-15/h1-2,5-7,9,12H,3-4,8,10-11H2,(H3,20,22,23). The van der Waals surface area contributed by atoms with Crippen molar-refractivity contribution in [1.82, 2.24) is 10.3 Å². The largest absolute Gasteiger partial charge is 0.370 e. The first-order valence-electron chi connectivity index (χ1n) is 7.53. The topological polar surface area (TPSA) is 63.3 Å². The van der Waals surface area contributed by atoms with E-state index in [1.807, 2.05) is 24.3 Å². The minimum atomic E-state index is -0.190. The first-order chi connectivity index (χ1) is 11.1. The van der Waals surface area contributed by atoms with Gasteiger partial charge in [0.05, 0.1) is 0 Å². The average molecular weight is 379 g/mol. The molecular formula is C17H20BrFN4. The Hall–Kier alpha value is -1.95. The molecule has 0 bridgehead atoms. The molecule has 3 N–H and O–H groups in total. The fraction of sp³-hybridized carbons (Fsp3) is 0.294. The number of hydrogen-bond donors (Lipinski definition) is 2. The average Bonchev–Trinajstić information content (AvgIpc) is 2.54. The minimum absolute atomic E-state index is 0.190. The van der Waals surface area contributed by atoms with E-state index >= 15 is 0 Å². The zero-order valence-corrected chi connectivity index (χ0v) is 14.4. The van der Waals surface area contributed by atoms with Crippen LogP contribution >= 0.6 is 15.9 Å². The zero-order valence-electron chi connectivity index (χ0n) is 12.8. The number of nitrogens with one attached hydrogen (secondary N) is 1. The van der Waals surface area contributed by atoms with Crippen LogP contribution < -0.4 is 11.1 Å². The third-order valence-corrected chi connectivity index (χ3v) is 3.81. The number of aromatic nitrogens is 1. The lowest BCUT2D eigenvalue weighted by Crippen LogP contribution is -2.33. The van der Waals surface area contributed by atoms with E-state index < -0.39 is 0 Å². The van der Waals surface area contributed by atoms with Crippen LogP contribution in [0, 0.1) is 5.82 Å². The van der Waals surface area contributed by atoms with Crippen LogP contribution in [0.2, 0.25) is 0 Å². The molecule has 0 aliphatic rings. The molecule has 23 heavy (non-hydrogen) atoms. The number of aryl methyl sites for hydroxylation is 1. The lowest BCUT2D eigenvalue weighted by atomic mass is 10.1. The maximum Gasteiger partial charge on any atom is 0.188 e. The Morgan fingerprint density at radius 1 is 1.26 bits per heavy atom. The van der Waals surface area contributed by atoms with Gasteiger partial charge < -0.3 is 11.1 Å². The number of nitrogens with zero attached hydrogens (tertiary/aromatic N) is 2. The number of aliphatic imine (C=N–C) groups is 1. The summed E-state index contributed by atoms with van der Waals surface area (Å²) in [5, 5.41) is 3.06. The van der Waals surface area contributed by atoms with E-state index in [0.29, 0.717) is 31.0 Å². The molecular weight excluding hydrogens is 359 g/mol. The van der Waals surface area contributed by atoms with Crippen LogP contribution in [0.1, 0.15) is 17.7 Å². The molecule has 2 aromatic rings. The molecule has 0 saturated heterocycles. The Bertz CT molecular complexity index is 646. The normalized spacial score (nSPS) is 11.5. The molecule has 0 spiro atoms. The van der Waals surface area contributed by atoms with E-state index in [1.54, 1.807) is 12.3 Å². The van der Waals surface area contributed by atoms with E-state index in [-0.39, 0.29) is 5.82 Å². The van der Waals surface area contributed by atoms with Crippen LogP contribution in [-0.2, 0) is 12.8 Å². The molecule has 0 fully saturated rings. The molecule has 122 valence electrons. The SMILES string of the molecule is NC(=NCCCc1ccc(Br)cc1F)NCCc1ccccn1. The molecule has 0 radical (unpaired) electrons. The van der Waals surface area contributed by atoms with Gasteiger partial charge in [-0.1, -0.05) is 28.1 Å². The Labute approximate surface area is 144 Å². The van der Waals surface area contributed by atoms with Crippen LogP contribution in [0.15, 0.2) is 52.1 Å². The molecule has 6 heteroatoms. The Balaban J connectivity index is 1.66. The van der Waals surface area contributed by atoms with Crippen LogP contribution in [-0.4, -0.2) is 24.0 Å².